The molecule has 0 saturated carbocycles. The first-order valence-electron chi connectivity index (χ1n) is 6.26. The van der Waals surface area contributed by atoms with Crippen LogP contribution in [-0.4, -0.2) is 25.0 Å². The molecule has 1 aliphatic heterocycles. The summed E-state index contributed by atoms with van der Waals surface area (Å²) in [6, 6.07) is 4.02. The number of alkyl halides is 2. The van der Waals surface area contributed by atoms with Crippen LogP contribution in [0.1, 0.15) is 25.3 Å². The predicted octanol–water partition coefficient (Wildman–Crippen LogP) is 1.92. The summed E-state index contributed by atoms with van der Waals surface area (Å²) >= 11 is 0. The van der Waals surface area contributed by atoms with Crippen LogP contribution in [0, 0.1) is 0 Å². The summed E-state index contributed by atoms with van der Waals surface area (Å²) in [5.41, 5.74) is 6.13. The van der Waals surface area contributed by atoms with Crippen LogP contribution in [-0.2, 0) is 4.79 Å². The van der Waals surface area contributed by atoms with Gasteiger partial charge in [0.05, 0.1) is 0 Å². The van der Waals surface area contributed by atoms with Crippen LogP contribution in [0.25, 0.3) is 0 Å². The van der Waals surface area contributed by atoms with Gasteiger partial charge in [-0.1, -0.05) is 6.92 Å². The minimum Gasteiger partial charge on any atom is -0.399 e. The third-order valence-electron chi connectivity index (χ3n) is 3.31. The predicted molar refractivity (Wildman–Crippen MR) is 70.2 cm³/mol. The lowest BCUT2D eigenvalue weighted by molar-refractivity contribution is -0.123. The van der Waals surface area contributed by atoms with E-state index in [9.17, 15) is 13.6 Å². The maximum atomic E-state index is 13.1. The van der Waals surface area contributed by atoms with E-state index in [4.69, 9.17) is 5.73 Å². The zero-order chi connectivity index (χ0) is 14.0. The Hall–Kier alpha value is -1.85. The van der Waals surface area contributed by atoms with Gasteiger partial charge >= 0.3 is 0 Å². The highest BCUT2D eigenvalue weighted by atomic mass is 19.3. The quantitative estimate of drug-likeness (QED) is 0.824. The zero-order valence-corrected chi connectivity index (χ0v) is 10.7. The average molecular weight is 269 g/mol. The number of amides is 1. The Labute approximate surface area is 110 Å². The number of hydrogen-bond donors (Lipinski definition) is 2. The van der Waals surface area contributed by atoms with Gasteiger partial charge in [-0.05, 0) is 24.6 Å². The van der Waals surface area contributed by atoms with Gasteiger partial charge in [-0.25, -0.2) is 8.78 Å². The van der Waals surface area contributed by atoms with Gasteiger partial charge in [-0.2, -0.15) is 0 Å². The minimum atomic E-state index is -2.61. The molecule has 0 spiro atoms. The molecular weight excluding hydrogens is 252 g/mol. The molecule has 1 amide bonds. The Kier molecular flexibility index (Phi) is 3.87. The summed E-state index contributed by atoms with van der Waals surface area (Å²) in [4.78, 5) is 13.5. The van der Waals surface area contributed by atoms with Crippen molar-refractivity contribution < 1.29 is 13.6 Å². The summed E-state index contributed by atoms with van der Waals surface area (Å²) in [6.45, 7) is 2.85. The molecule has 2 rings (SSSR count). The van der Waals surface area contributed by atoms with E-state index in [0.717, 1.165) is 0 Å². The molecule has 1 aromatic carbocycles. The van der Waals surface area contributed by atoms with Gasteiger partial charge in [0.1, 0.15) is 6.04 Å². The van der Waals surface area contributed by atoms with Crippen LogP contribution in [0.4, 0.5) is 20.2 Å². The van der Waals surface area contributed by atoms with Crippen molar-refractivity contribution in [3.05, 3.63) is 23.8 Å². The van der Waals surface area contributed by atoms with Crippen LogP contribution >= 0.6 is 0 Å². The fraction of sp³-hybridized carbons (Fsp3) is 0.462. The molecule has 1 aliphatic rings. The smallest absolute Gasteiger partial charge is 0.265 e. The number of nitrogen functional groups attached to an aromatic ring is 1. The Morgan fingerprint density at radius 1 is 1.53 bits per heavy atom. The molecule has 0 radical (unpaired) electrons. The molecule has 0 bridgehead atoms. The van der Waals surface area contributed by atoms with Crippen LogP contribution in [0.3, 0.4) is 0 Å². The number of benzene rings is 1. The van der Waals surface area contributed by atoms with Crippen molar-refractivity contribution in [1.29, 1.82) is 0 Å². The molecule has 0 aliphatic carbocycles. The van der Waals surface area contributed by atoms with Crippen LogP contribution in [0.5, 0.6) is 0 Å². The monoisotopic (exact) mass is 269 g/mol. The molecule has 4 nitrogen and oxygen atoms in total. The molecular formula is C13H17F2N3O. The van der Waals surface area contributed by atoms with Crippen molar-refractivity contribution in [1.82, 2.24) is 5.32 Å². The molecule has 3 N–H and O–H groups in total. The normalized spacial score (nSPS) is 19.7. The number of nitrogens with two attached hydrogens (primary N) is 1. The standard InChI is InChI=1S/C13H17F2N3O/c1-2-10-13(19)17-5-6-18(10)11-4-3-8(16)7-9(11)12(14)15/h3-4,7,10,12H,2,5-6,16H2,1H3,(H,17,19). The van der Waals surface area contributed by atoms with E-state index in [-0.39, 0.29) is 11.5 Å². The maximum Gasteiger partial charge on any atom is 0.265 e. The van der Waals surface area contributed by atoms with Crippen molar-refractivity contribution in [2.75, 3.05) is 23.7 Å². The number of halogens is 2. The van der Waals surface area contributed by atoms with Gasteiger partial charge in [0.2, 0.25) is 5.91 Å². The molecule has 1 aromatic rings. The average Bonchev–Trinajstić information content (AvgIpc) is 2.38. The molecule has 1 atom stereocenters. The fourth-order valence-corrected chi connectivity index (χ4v) is 2.42. The van der Waals surface area contributed by atoms with Crippen molar-refractivity contribution >= 4 is 17.3 Å². The van der Waals surface area contributed by atoms with Gasteiger partial charge in [-0.15, -0.1) is 0 Å². The lowest BCUT2D eigenvalue weighted by Crippen LogP contribution is -2.55. The van der Waals surface area contributed by atoms with E-state index in [1.54, 1.807) is 17.0 Å². The Balaban J connectivity index is 2.42. The number of carbonyl (C=O) groups is 1. The van der Waals surface area contributed by atoms with E-state index in [0.29, 0.717) is 30.9 Å². The maximum absolute atomic E-state index is 13.1. The summed E-state index contributed by atoms with van der Waals surface area (Å²) in [5, 5.41) is 2.75. The second-order valence-corrected chi connectivity index (χ2v) is 4.53. The van der Waals surface area contributed by atoms with Crippen LogP contribution < -0.4 is 16.0 Å². The number of anilines is 2. The van der Waals surface area contributed by atoms with Gasteiger partial charge in [0.25, 0.3) is 6.43 Å². The first-order valence-corrected chi connectivity index (χ1v) is 6.26. The molecule has 1 heterocycles. The van der Waals surface area contributed by atoms with Crippen molar-refractivity contribution in [2.45, 2.75) is 25.8 Å². The van der Waals surface area contributed by atoms with E-state index in [1.807, 2.05) is 6.92 Å². The minimum absolute atomic E-state index is 0.117. The Bertz CT molecular complexity index is 479. The van der Waals surface area contributed by atoms with Gasteiger partial charge in [0, 0.05) is 30.0 Å². The molecule has 6 heteroatoms. The molecule has 1 unspecified atom stereocenters. The van der Waals surface area contributed by atoms with E-state index in [1.165, 1.54) is 6.07 Å². The molecule has 1 fully saturated rings. The third-order valence-corrected chi connectivity index (χ3v) is 3.31. The van der Waals surface area contributed by atoms with Crippen molar-refractivity contribution in [3.63, 3.8) is 0 Å². The SMILES string of the molecule is CCC1C(=O)NCCN1c1ccc(N)cc1C(F)F. The van der Waals surface area contributed by atoms with E-state index < -0.39 is 12.5 Å². The van der Waals surface area contributed by atoms with Crippen LogP contribution in [0.15, 0.2) is 18.2 Å². The number of nitrogens with one attached hydrogen (secondary N) is 1. The number of rotatable bonds is 3. The summed E-state index contributed by atoms with van der Waals surface area (Å²) in [7, 11) is 0. The number of nitrogens with zero attached hydrogens (tertiary/aromatic N) is 1. The number of carbonyl (C=O) groups excluding carboxylic acids is 1. The second-order valence-electron chi connectivity index (χ2n) is 4.53. The zero-order valence-electron chi connectivity index (χ0n) is 10.7. The summed E-state index contributed by atoms with van der Waals surface area (Å²) < 4.78 is 26.2. The molecule has 0 aromatic heterocycles. The Morgan fingerprint density at radius 3 is 2.89 bits per heavy atom. The van der Waals surface area contributed by atoms with Gasteiger partial charge in [0.15, 0.2) is 0 Å². The topological polar surface area (TPSA) is 58.4 Å². The molecule has 19 heavy (non-hydrogen) atoms. The molecule has 104 valence electrons. The largest absolute Gasteiger partial charge is 0.399 e. The third kappa shape index (κ3) is 2.62. The van der Waals surface area contributed by atoms with Crippen molar-refractivity contribution in [2.24, 2.45) is 0 Å². The van der Waals surface area contributed by atoms with Crippen LogP contribution in [0.2, 0.25) is 0 Å². The van der Waals surface area contributed by atoms with Gasteiger partial charge in [-0.3, -0.25) is 4.79 Å². The van der Waals surface area contributed by atoms with E-state index >= 15 is 0 Å². The van der Waals surface area contributed by atoms with E-state index in [2.05, 4.69) is 5.32 Å². The Morgan fingerprint density at radius 2 is 2.26 bits per heavy atom. The summed E-state index contributed by atoms with van der Waals surface area (Å²) in [5.74, 6) is -0.120. The summed E-state index contributed by atoms with van der Waals surface area (Å²) in [6.07, 6.45) is -2.04. The highest BCUT2D eigenvalue weighted by Crippen LogP contribution is 2.33. The lowest BCUT2D eigenvalue weighted by atomic mass is 10.0. The highest BCUT2D eigenvalue weighted by Gasteiger charge is 2.30. The van der Waals surface area contributed by atoms with Gasteiger partial charge < -0.3 is 16.0 Å². The fourth-order valence-electron chi connectivity index (χ4n) is 2.42. The molecule has 1 saturated heterocycles. The van der Waals surface area contributed by atoms with Crippen molar-refractivity contribution in [3.8, 4) is 0 Å². The first-order chi connectivity index (χ1) is 9.04. The number of hydrogen-bond acceptors (Lipinski definition) is 3. The first kappa shape index (κ1) is 13.6. The number of piperazine rings is 1. The highest BCUT2D eigenvalue weighted by molar-refractivity contribution is 5.87. The second kappa shape index (κ2) is 5.42. The lowest BCUT2D eigenvalue weighted by Gasteiger charge is -2.37.